The highest BCUT2D eigenvalue weighted by molar-refractivity contribution is 5.20. The summed E-state index contributed by atoms with van der Waals surface area (Å²) in [5.74, 6) is 0. The molecule has 0 aromatic carbocycles. The Kier molecular flexibility index (Phi) is 58.4. The predicted molar refractivity (Wildman–Crippen MR) is 17.8 cm³/mol. The van der Waals surface area contributed by atoms with Gasteiger partial charge in [-0.15, -0.1) is 0 Å². The lowest BCUT2D eigenvalue weighted by Gasteiger charge is -1.41. The van der Waals surface area contributed by atoms with E-state index in [2.05, 4.69) is 6.58 Å². The minimum atomic E-state index is 0.250. The molecule has 1 N–H and O–H groups in total. The van der Waals surface area contributed by atoms with Gasteiger partial charge in [-0.1, -0.05) is 6.58 Å². The molecule has 0 spiro atoms. The fraction of sp³-hybridized carbons (Fsp3) is 0. The molecule has 0 fully saturated rings. The number of aliphatic hydroxyl groups excluding tert-OH is 1. The third kappa shape index (κ3) is 9.23. The van der Waals surface area contributed by atoms with Gasteiger partial charge in [0.2, 0.25) is 0 Å². The molecule has 6 heavy (non-hydrogen) atoms. The third-order valence-corrected chi connectivity index (χ3v) is 0. The van der Waals surface area contributed by atoms with E-state index in [0.29, 0.717) is 0 Å². The van der Waals surface area contributed by atoms with Crippen molar-refractivity contribution in [2.45, 2.75) is 0 Å². The van der Waals surface area contributed by atoms with E-state index < -0.39 is 0 Å². The molecular weight excluding hydrogens is 84.0 g/mol. The zero-order chi connectivity index (χ0) is 5.41. The summed E-state index contributed by atoms with van der Waals surface area (Å²) in [6.07, 6.45) is 1.00. The van der Waals surface area contributed by atoms with Crippen molar-refractivity contribution in [3.63, 3.8) is 0 Å². The van der Waals surface area contributed by atoms with Crippen molar-refractivity contribution in [2.75, 3.05) is 0 Å². The van der Waals surface area contributed by atoms with Crippen LogP contribution >= 0.6 is 0 Å². The molecule has 0 atom stereocenters. The van der Waals surface area contributed by atoms with E-state index in [1.165, 1.54) is 0 Å². The fourth-order valence-electron chi connectivity index (χ4n) is 0. The Morgan fingerprint density at radius 2 is 1.67 bits per heavy atom. The molecule has 0 saturated heterocycles. The van der Waals surface area contributed by atoms with Crippen LogP contribution in [0.4, 0.5) is 0 Å². The summed E-state index contributed by atoms with van der Waals surface area (Å²) in [7, 11) is 0. The first-order valence-corrected chi connectivity index (χ1v) is 1.07. The molecule has 3 nitrogen and oxygen atoms in total. The second-order valence-electron chi connectivity index (χ2n) is 0.266. The molecule has 0 aliphatic carbocycles. The molecule has 0 aliphatic heterocycles. The summed E-state index contributed by atoms with van der Waals surface area (Å²) in [5, 5.41) is 7.33. The molecule has 0 heterocycles. The van der Waals surface area contributed by atoms with E-state index in [-0.39, 0.29) is 6.15 Å². The molecule has 0 radical (unpaired) electrons. The van der Waals surface area contributed by atoms with Crippen molar-refractivity contribution in [3.8, 4) is 0 Å². The van der Waals surface area contributed by atoms with E-state index in [9.17, 15) is 0 Å². The molecule has 0 aromatic rings. The Morgan fingerprint density at radius 3 is 1.67 bits per heavy atom. The molecule has 0 aromatic heterocycles. The first-order chi connectivity index (χ1) is 2.83. The van der Waals surface area contributed by atoms with Crippen LogP contribution in [0.3, 0.4) is 0 Å². The van der Waals surface area contributed by atoms with E-state index in [1.54, 1.807) is 0 Å². The average molecular weight is 88.1 g/mol. The molecule has 34 valence electrons. The molecule has 3 heteroatoms. The van der Waals surface area contributed by atoms with Crippen molar-refractivity contribution in [2.24, 2.45) is 0 Å². The lowest BCUT2D eigenvalue weighted by atomic mass is 11.2. The highest BCUT2D eigenvalue weighted by atomic mass is 16.2. The predicted octanol–water partition coefficient (Wildman–Crippen LogP) is 0.104. The topological polar surface area (TPSA) is 54.4 Å². The first-order valence-electron chi connectivity index (χ1n) is 1.07. The normalized spacial score (nSPS) is 3.33. The summed E-state index contributed by atoms with van der Waals surface area (Å²) in [6.45, 7) is 2.92. The van der Waals surface area contributed by atoms with Gasteiger partial charge in [0.25, 0.3) is 0 Å². The van der Waals surface area contributed by atoms with Crippen LogP contribution in [0.2, 0.25) is 0 Å². The Morgan fingerprint density at radius 1 is 1.67 bits per heavy atom. The van der Waals surface area contributed by atoms with Crippen LogP contribution in [-0.2, 0) is 9.59 Å². The maximum atomic E-state index is 8.12. The minimum Gasteiger partial charge on any atom is -0.516 e. The van der Waals surface area contributed by atoms with E-state index in [4.69, 9.17) is 14.7 Å². The van der Waals surface area contributed by atoms with Crippen molar-refractivity contribution in [1.82, 2.24) is 0 Å². The van der Waals surface area contributed by atoms with Gasteiger partial charge < -0.3 is 5.11 Å². The minimum absolute atomic E-state index is 0.250. The molecule has 0 saturated carbocycles. The zero-order valence-electron chi connectivity index (χ0n) is 3.05. The monoisotopic (exact) mass is 88.0 g/mol. The van der Waals surface area contributed by atoms with Crippen LogP contribution in [0, 0.1) is 0 Å². The maximum absolute atomic E-state index is 8.12. The van der Waals surface area contributed by atoms with Crippen LogP contribution < -0.4 is 0 Å². The summed E-state index contributed by atoms with van der Waals surface area (Å²) >= 11 is 0. The van der Waals surface area contributed by atoms with Crippen LogP contribution in [0.1, 0.15) is 0 Å². The molecule has 0 rings (SSSR count). The van der Waals surface area contributed by atoms with Gasteiger partial charge in [0.05, 0.1) is 6.26 Å². The number of carbonyl (C=O) groups excluding carboxylic acids is 2. The van der Waals surface area contributed by atoms with E-state index in [1.807, 2.05) is 0 Å². The average Bonchev–Trinajstić information content (AvgIpc) is 1.39. The van der Waals surface area contributed by atoms with Gasteiger partial charge >= 0.3 is 6.15 Å². The standard InChI is InChI=1S/C2H4O.CO2/c1-2-3;2-1-3/h2-3H,1H2;. The molecule has 0 unspecified atom stereocenters. The lowest BCUT2D eigenvalue weighted by molar-refractivity contribution is -0.191. The Bertz CT molecular complexity index is 51.1. The van der Waals surface area contributed by atoms with Gasteiger partial charge in [0, 0.05) is 0 Å². The molecule has 0 bridgehead atoms. The number of aliphatic hydroxyl groups is 1. The number of rotatable bonds is 0. The zero-order valence-corrected chi connectivity index (χ0v) is 3.05. The molecular formula is C3H4O3. The van der Waals surface area contributed by atoms with Gasteiger partial charge in [-0.05, 0) is 0 Å². The summed E-state index contributed by atoms with van der Waals surface area (Å²) in [6, 6.07) is 0. The lowest BCUT2D eigenvalue weighted by Crippen LogP contribution is -1.25. The second-order valence-corrected chi connectivity index (χ2v) is 0.266. The van der Waals surface area contributed by atoms with Crippen molar-refractivity contribution in [3.05, 3.63) is 12.8 Å². The summed E-state index contributed by atoms with van der Waals surface area (Å²) in [4.78, 5) is 16.2. The summed E-state index contributed by atoms with van der Waals surface area (Å²) in [5.41, 5.74) is 0. The number of hydrogen-bond donors (Lipinski definition) is 1. The van der Waals surface area contributed by atoms with Crippen molar-refractivity contribution >= 4 is 6.15 Å². The quantitative estimate of drug-likeness (QED) is 0.427. The largest absolute Gasteiger partial charge is 0.516 e. The van der Waals surface area contributed by atoms with Gasteiger partial charge in [0.1, 0.15) is 0 Å². The van der Waals surface area contributed by atoms with Crippen LogP contribution in [0.5, 0.6) is 0 Å². The van der Waals surface area contributed by atoms with Crippen LogP contribution in [-0.4, -0.2) is 11.3 Å². The SMILES string of the molecule is C=CO.O=C=O. The Balaban J connectivity index is 0. The molecule has 0 aliphatic rings. The first kappa shape index (κ1) is 8.87. The summed E-state index contributed by atoms with van der Waals surface area (Å²) < 4.78 is 0. The van der Waals surface area contributed by atoms with Crippen LogP contribution in [0.15, 0.2) is 12.8 Å². The van der Waals surface area contributed by atoms with E-state index in [0.717, 1.165) is 6.26 Å². The van der Waals surface area contributed by atoms with Gasteiger partial charge in [-0.2, -0.15) is 9.59 Å². The Hall–Kier alpha value is -1.08. The third-order valence-electron chi connectivity index (χ3n) is 0. The molecule has 0 amide bonds. The second kappa shape index (κ2) is 39.5. The number of hydrogen-bond acceptors (Lipinski definition) is 3. The maximum Gasteiger partial charge on any atom is 0.373 e. The Labute approximate surface area is 34.9 Å². The van der Waals surface area contributed by atoms with Gasteiger partial charge in [0.15, 0.2) is 0 Å². The highest BCUT2D eigenvalue weighted by Crippen LogP contribution is 1.26. The fourth-order valence-corrected chi connectivity index (χ4v) is 0. The highest BCUT2D eigenvalue weighted by Gasteiger charge is 1.13. The van der Waals surface area contributed by atoms with Gasteiger partial charge in [-0.3, -0.25) is 0 Å². The van der Waals surface area contributed by atoms with Crippen LogP contribution in [0.25, 0.3) is 0 Å². The van der Waals surface area contributed by atoms with Crippen molar-refractivity contribution < 1.29 is 14.7 Å². The van der Waals surface area contributed by atoms with Crippen molar-refractivity contribution in [1.29, 1.82) is 0 Å². The van der Waals surface area contributed by atoms with E-state index >= 15 is 0 Å². The van der Waals surface area contributed by atoms with Gasteiger partial charge in [-0.25, -0.2) is 0 Å². The smallest absolute Gasteiger partial charge is 0.373 e.